The summed E-state index contributed by atoms with van der Waals surface area (Å²) in [5.74, 6) is 1.18. The molecule has 1 N–H and O–H groups in total. The van der Waals surface area contributed by atoms with Crippen LogP contribution in [0.3, 0.4) is 0 Å². The number of carbonyl (C=O) groups is 2. The average Bonchev–Trinajstić information content (AvgIpc) is 3.08. The summed E-state index contributed by atoms with van der Waals surface area (Å²) in [6, 6.07) is 10.7. The second kappa shape index (κ2) is 10.7. The van der Waals surface area contributed by atoms with Crippen molar-refractivity contribution < 1.29 is 9.59 Å². The minimum Gasteiger partial charge on any atom is -0.355 e. The quantitative estimate of drug-likeness (QED) is 0.643. The van der Waals surface area contributed by atoms with Crippen LogP contribution in [0.15, 0.2) is 30.3 Å². The van der Waals surface area contributed by atoms with Gasteiger partial charge in [-0.1, -0.05) is 30.3 Å². The van der Waals surface area contributed by atoms with Crippen molar-refractivity contribution in [1.29, 1.82) is 0 Å². The number of hydrogen-bond acceptors (Lipinski definition) is 5. The number of hydrogen-bond donors (Lipinski definition) is 1. The van der Waals surface area contributed by atoms with E-state index >= 15 is 0 Å². The van der Waals surface area contributed by atoms with Crippen LogP contribution in [-0.2, 0) is 16.1 Å². The van der Waals surface area contributed by atoms with E-state index in [0.29, 0.717) is 18.2 Å². The molecule has 0 unspecified atom stereocenters. The molecule has 2 heterocycles. The third-order valence-electron chi connectivity index (χ3n) is 5.10. The van der Waals surface area contributed by atoms with Gasteiger partial charge in [0.05, 0.1) is 11.6 Å². The van der Waals surface area contributed by atoms with Gasteiger partial charge in [0.25, 0.3) is 0 Å². The first-order chi connectivity index (χ1) is 13.2. The highest BCUT2D eigenvalue weighted by Gasteiger charge is 2.22. The molecule has 0 aliphatic carbocycles. The van der Waals surface area contributed by atoms with Crippen LogP contribution < -0.4 is 5.32 Å². The highest BCUT2D eigenvalue weighted by Crippen LogP contribution is 2.14. The number of piperazine rings is 1. The molecular weight excluding hydrogens is 360 g/mol. The summed E-state index contributed by atoms with van der Waals surface area (Å²) >= 11 is 1.57. The topological polar surface area (TPSA) is 55.9 Å². The molecule has 6 nitrogen and oxygen atoms in total. The SMILES string of the molecule is O=C(CN1CSCC1=O)NCCCCN1CCN(Cc2ccccc2)CC1. The Morgan fingerprint density at radius 3 is 2.48 bits per heavy atom. The predicted molar refractivity (Wildman–Crippen MR) is 109 cm³/mol. The number of unbranched alkanes of at least 4 members (excludes halogenated alkanes) is 1. The zero-order valence-electron chi connectivity index (χ0n) is 15.9. The van der Waals surface area contributed by atoms with Crippen LogP contribution in [0, 0.1) is 0 Å². The molecule has 2 amide bonds. The van der Waals surface area contributed by atoms with Crippen LogP contribution in [0.5, 0.6) is 0 Å². The van der Waals surface area contributed by atoms with Crippen LogP contribution in [0.4, 0.5) is 0 Å². The Morgan fingerprint density at radius 1 is 1.04 bits per heavy atom. The van der Waals surface area contributed by atoms with Gasteiger partial charge in [-0.3, -0.25) is 14.5 Å². The summed E-state index contributed by atoms with van der Waals surface area (Å²) in [7, 11) is 0. The molecule has 1 aromatic rings. The van der Waals surface area contributed by atoms with Gasteiger partial charge < -0.3 is 15.1 Å². The summed E-state index contributed by atoms with van der Waals surface area (Å²) in [5.41, 5.74) is 1.39. The van der Waals surface area contributed by atoms with E-state index in [4.69, 9.17) is 0 Å². The maximum Gasteiger partial charge on any atom is 0.239 e. The van der Waals surface area contributed by atoms with Gasteiger partial charge in [0.1, 0.15) is 6.54 Å². The van der Waals surface area contributed by atoms with Crippen molar-refractivity contribution >= 4 is 23.6 Å². The first-order valence-electron chi connectivity index (χ1n) is 9.81. The third-order valence-corrected chi connectivity index (χ3v) is 6.04. The second-order valence-corrected chi connectivity index (χ2v) is 8.18. The predicted octanol–water partition coefficient (Wildman–Crippen LogP) is 1.23. The number of carbonyl (C=O) groups excluding carboxylic acids is 2. The molecule has 2 aliphatic rings. The minimum atomic E-state index is -0.0413. The number of rotatable bonds is 9. The van der Waals surface area contributed by atoms with Crippen LogP contribution in [0.25, 0.3) is 0 Å². The summed E-state index contributed by atoms with van der Waals surface area (Å²) < 4.78 is 0. The van der Waals surface area contributed by atoms with Gasteiger partial charge in [-0.15, -0.1) is 11.8 Å². The first-order valence-corrected chi connectivity index (χ1v) is 11.0. The summed E-state index contributed by atoms with van der Waals surface area (Å²) in [6.45, 7) is 7.51. The molecule has 0 spiro atoms. The van der Waals surface area contributed by atoms with Crippen molar-refractivity contribution in [3.05, 3.63) is 35.9 Å². The Labute approximate surface area is 166 Å². The molecule has 2 fully saturated rings. The molecule has 27 heavy (non-hydrogen) atoms. The fourth-order valence-corrected chi connectivity index (χ4v) is 4.37. The van der Waals surface area contributed by atoms with Crippen molar-refractivity contribution in [2.45, 2.75) is 19.4 Å². The monoisotopic (exact) mass is 390 g/mol. The normalized spacial score (nSPS) is 18.8. The lowest BCUT2D eigenvalue weighted by Gasteiger charge is -2.34. The summed E-state index contributed by atoms with van der Waals surface area (Å²) in [6.07, 6.45) is 2.08. The number of thioether (sulfide) groups is 1. The van der Waals surface area contributed by atoms with Crippen molar-refractivity contribution in [3.8, 4) is 0 Å². The van der Waals surface area contributed by atoms with Crippen molar-refractivity contribution in [2.75, 3.05) is 57.4 Å². The van der Waals surface area contributed by atoms with Crippen molar-refractivity contribution in [1.82, 2.24) is 20.0 Å². The van der Waals surface area contributed by atoms with Gasteiger partial charge >= 0.3 is 0 Å². The highest BCUT2D eigenvalue weighted by atomic mass is 32.2. The van der Waals surface area contributed by atoms with E-state index in [0.717, 1.165) is 52.1 Å². The number of amides is 2. The Morgan fingerprint density at radius 2 is 1.78 bits per heavy atom. The van der Waals surface area contributed by atoms with Gasteiger partial charge in [0.2, 0.25) is 11.8 Å². The Kier molecular flexibility index (Phi) is 7.98. The van der Waals surface area contributed by atoms with Gasteiger partial charge in [0.15, 0.2) is 0 Å². The fourth-order valence-electron chi connectivity index (χ4n) is 3.47. The summed E-state index contributed by atoms with van der Waals surface area (Å²) in [5, 5.41) is 2.93. The fraction of sp³-hybridized carbons (Fsp3) is 0.600. The molecule has 0 atom stereocenters. The zero-order valence-corrected chi connectivity index (χ0v) is 16.8. The minimum absolute atomic E-state index is 0.0413. The molecule has 0 bridgehead atoms. The van der Waals surface area contributed by atoms with Gasteiger partial charge in [0, 0.05) is 39.3 Å². The smallest absolute Gasteiger partial charge is 0.239 e. The van der Waals surface area contributed by atoms with E-state index < -0.39 is 0 Å². The molecule has 0 radical (unpaired) electrons. The van der Waals surface area contributed by atoms with Crippen molar-refractivity contribution in [3.63, 3.8) is 0 Å². The van der Waals surface area contributed by atoms with Crippen LogP contribution in [0.1, 0.15) is 18.4 Å². The van der Waals surface area contributed by atoms with E-state index in [1.54, 1.807) is 16.7 Å². The van der Waals surface area contributed by atoms with E-state index in [1.165, 1.54) is 5.56 Å². The zero-order chi connectivity index (χ0) is 18.9. The largest absolute Gasteiger partial charge is 0.355 e. The van der Waals surface area contributed by atoms with Crippen LogP contribution in [-0.4, -0.2) is 84.0 Å². The molecule has 0 saturated carbocycles. The van der Waals surface area contributed by atoms with E-state index in [2.05, 4.69) is 45.4 Å². The number of benzene rings is 1. The molecule has 2 saturated heterocycles. The molecule has 2 aliphatic heterocycles. The molecule has 0 aromatic heterocycles. The maximum absolute atomic E-state index is 11.9. The number of nitrogens with one attached hydrogen (secondary N) is 1. The van der Waals surface area contributed by atoms with Gasteiger partial charge in [-0.2, -0.15) is 0 Å². The van der Waals surface area contributed by atoms with E-state index in [1.807, 2.05) is 0 Å². The second-order valence-electron chi connectivity index (χ2n) is 7.23. The summed E-state index contributed by atoms with van der Waals surface area (Å²) in [4.78, 5) is 30.0. The lowest BCUT2D eigenvalue weighted by molar-refractivity contribution is -0.132. The third kappa shape index (κ3) is 6.83. The Bertz CT molecular complexity index is 605. The molecule has 7 heteroatoms. The van der Waals surface area contributed by atoms with E-state index in [-0.39, 0.29) is 18.4 Å². The van der Waals surface area contributed by atoms with Gasteiger partial charge in [-0.05, 0) is 24.9 Å². The van der Waals surface area contributed by atoms with Crippen molar-refractivity contribution in [2.24, 2.45) is 0 Å². The Hall–Kier alpha value is -1.57. The maximum atomic E-state index is 11.9. The van der Waals surface area contributed by atoms with E-state index in [9.17, 15) is 9.59 Å². The lowest BCUT2D eigenvalue weighted by atomic mass is 10.2. The standard InChI is InChI=1S/C20H30N4O2S/c25-19(15-24-17-27-16-20(24)26)21-8-4-5-9-22-10-12-23(13-11-22)14-18-6-2-1-3-7-18/h1-3,6-7H,4-5,8-17H2,(H,21,25). The average molecular weight is 391 g/mol. The van der Waals surface area contributed by atoms with Crippen LogP contribution >= 0.6 is 11.8 Å². The van der Waals surface area contributed by atoms with Gasteiger partial charge in [-0.25, -0.2) is 0 Å². The first kappa shape index (κ1) is 20.2. The molecular formula is C20H30N4O2S. The van der Waals surface area contributed by atoms with Crippen LogP contribution in [0.2, 0.25) is 0 Å². The molecule has 148 valence electrons. The Balaban J connectivity index is 1.21. The number of nitrogens with zero attached hydrogens (tertiary/aromatic N) is 3. The molecule has 1 aromatic carbocycles. The molecule has 3 rings (SSSR count). The lowest BCUT2D eigenvalue weighted by Crippen LogP contribution is -2.46. The highest BCUT2D eigenvalue weighted by molar-refractivity contribution is 8.00.